The molecule has 1 aliphatic carbocycles. The molecule has 1 atom stereocenters. The maximum absolute atomic E-state index is 13.0. The van der Waals surface area contributed by atoms with Crippen molar-refractivity contribution in [3.8, 4) is 0 Å². The topological polar surface area (TPSA) is 75.4 Å². The summed E-state index contributed by atoms with van der Waals surface area (Å²) in [5.41, 5.74) is 6.54. The number of nitrogens with zero attached hydrogens (tertiary/aromatic N) is 1. The van der Waals surface area contributed by atoms with Crippen LogP contribution in [0.15, 0.2) is 42.5 Å². The third kappa shape index (κ3) is 3.83. The zero-order chi connectivity index (χ0) is 18.8. The largest absolute Gasteiger partial charge is 0.352 e. The van der Waals surface area contributed by atoms with Gasteiger partial charge in [-0.1, -0.05) is 36.4 Å². The van der Waals surface area contributed by atoms with Gasteiger partial charge < -0.3 is 16.0 Å². The van der Waals surface area contributed by atoms with E-state index in [1.807, 2.05) is 47.4 Å². The van der Waals surface area contributed by atoms with E-state index in [1.54, 1.807) is 0 Å². The number of fused-ring (bicyclic) bond motifs is 1. The van der Waals surface area contributed by atoms with Crippen molar-refractivity contribution < 1.29 is 9.59 Å². The molecule has 2 aliphatic rings. The summed E-state index contributed by atoms with van der Waals surface area (Å²) >= 11 is 0. The summed E-state index contributed by atoms with van der Waals surface area (Å²) in [4.78, 5) is 27.5. The van der Waals surface area contributed by atoms with Gasteiger partial charge in [-0.15, -0.1) is 0 Å². The fourth-order valence-electron chi connectivity index (χ4n) is 4.10. The van der Waals surface area contributed by atoms with E-state index in [0.29, 0.717) is 38.4 Å². The molecule has 0 aromatic heterocycles. The van der Waals surface area contributed by atoms with Crippen molar-refractivity contribution in [2.45, 2.75) is 31.7 Å². The number of nitrogens with one attached hydrogen (secondary N) is 1. The number of piperidine rings is 1. The number of carbonyl (C=O) groups excluding carboxylic acids is 2. The van der Waals surface area contributed by atoms with Crippen LogP contribution in [0.4, 0.5) is 0 Å². The van der Waals surface area contributed by atoms with E-state index in [-0.39, 0.29) is 23.8 Å². The Morgan fingerprint density at radius 1 is 1.04 bits per heavy atom. The highest BCUT2D eigenvalue weighted by Gasteiger charge is 2.34. The standard InChI is InChI=1S/C22H27N3O2/c23-14-20(16-8-9-16)24-21(26)17-10-12-25(13-11-17)22(27)19-7-3-5-15-4-1-2-6-18(15)19/h1-7,16-17,20H,8-14,23H2,(H,24,26). The van der Waals surface area contributed by atoms with Crippen LogP contribution >= 0.6 is 0 Å². The Morgan fingerprint density at radius 2 is 1.74 bits per heavy atom. The van der Waals surface area contributed by atoms with Gasteiger partial charge in [0.05, 0.1) is 0 Å². The zero-order valence-electron chi connectivity index (χ0n) is 15.6. The number of hydrogen-bond donors (Lipinski definition) is 2. The van der Waals surface area contributed by atoms with Crippen molar-refractivity contribution in [3.05, 3.63) is 48.0 Å². The third-order valence-electron chi connectivity index (χ3n) is 5.95. The van der Waals surface area contributed by atoms with E-state index in [4.69, 9.17) is 5.73 Å². The fraction of sp³-hybridized carbons (Fsp3) is 0.455. The smallest absolute Gasteiger partial charge is 0.254 e. The molecule has 1 saturated heterocycles. The summed E-state index contributed by atoms with van der Waals surface area (Å²) in [6.45, 7) is 1.75. The Labute approximate surface area is 159 Å². The number of hydrogen-bond acceptors (Lipinski definition) is 3. The van der Waals surface area contributed by atoms with Gasteiger partial charge in [-0.25, -0.2) is 0 Å². The van der Waals surface area contributed by atoms with Crippen molar-refractivity contribution in [3.63, 3.8) is 0 Å². The number of likely N-dealkylation sites (tertiary alicyclic amines) is 1. The maximum atomic E-state index is 13.0. The lowest BCUT2D eigenvalue weighted by Gasteiger charge is -2.32. The summed E-state index contributed by atoms with van der Waals surface area (Å²) in [5.74, 6) is 0.708. The molecule has 2 amide bonds. The predicted octanol–water partition coefficient (Wildman–Crippen LogP) is 2.55. The molecule has 27 heavy (non-hydrogen) atoms. The molecule has 0 bridgehead atoms. The van der Waals surface area contributed by atoms with Gasteiger partial charge in [-0.3, -0.25) is 9.59 Å². The fourth-order valence-corrected chi connectivity index (χ4v) is 4.10. The summed E-state index contributed by atoms with van der Waals surface area (Å²) < 4.78 is 0. The molecule has 0 spiro atoms. The van der Waals surface area contributed by atoms with Crippen LogP contribution in [0.2, 0.25) is 0 Å². The lowest BCUT2D eigenvalue weighted by Crippen LogP contribution is -2.48. The number of benzene rings is 2. The Hall–Kier alpha value is -2.40. The Morgan fingerprint density at radius 3 is 2.44 bits per heavy atom. The molecule has 142 valence electrons. The number of rotatable bonds is 5. The second-order valence-electron chi connectivity index (χ2n) is 7.78. The minimum Gasteiger partial charge on any atom is -0.352 e. The van der Waals surface area contributed by atoms with E-state index >= 15 is 0 Å². The van der Waals surface area contributed by atoms with E-state index in [1.165, 1.54) is 12.8 Å². The quantitative estimate of drug-likeness (QED) is 0.855. The molecule has 1 unspecified atom stereocenters. The van der Waals surface area contributed by atoms with Gasteiger partial charge >= 0.3 is 0 Å². The molecule has 1 aliphatic heterocycles. The van der Waals surface area contributed by atoms with Crippen LogP contribution in [0, 0.1) is 11.8 Å². The zero-order valence-corrected chi connectivity index (χ0v) is 15.6. The highest BCUT2D eigenvalue weighted by Crippen LogP contribution is 2.32. The first-order valence-corrected chi connectivity index (χ1v) is 9.95. The Kier molecular flexibility index (Phi) is 5.12. The summed E-state index contributed by atoms with van der Waals surface area (Å²) in [7, 11) is 0. The second-order valence-corrected chi connectivity index (χ2v) is 7.78. The lowest BCUT2D eigenvalue weighted by molar-refractivity contribution is -0.127. The molecule has 2 fully saturated rings. The first kappa shape index (κ1) is 18.0. The van der Waals surface area contributed by atoms with Gasteiger partial charge in [0.15, 0.2) is 0 Å². The molecule has 3 N–H and O–H groups in total. The Bertz CT molecular complexity index is 833. The minimum atomic E-state index is -0.0191. The highest BCUT2D eigenvalue weighted by atomic mass is 16.2. The van der Waals surface area contributed by atoms with E-state index in [0.717, 1.165) is 16.3 Å². The number of nitrogens with two attached hydrogens (primary N) is 1. The molecule has 0 radical (unpaired) electrons. The van der Waals surface area contributed by atoms with Gasteiger partial charge in [-0.2, -0.15) is 0 Å². The van der Waals surface area contributed by atoms with Crippen molar-refractivity contribution in [2.75, 3.05) is 19.6 Å². The average molecular weight is 365 g/mol. The van der Waals surface area contributed by atoms with Crippen molar-refractivity contribution >= 4 is 22.6 Å². The normalized spacial score (nSPS) is 19.1. The highest BCUT2D eigenvalue weighted by molar-refractivity contribution is 6.07. The van der Waals surface area contributed by atoms with Crippen LogP contribution in [0.1, 0.15) is 36.0 Å². The van der Waals surface area contributed by atoms with Gasteiger partial charge in [0.1, 0.15) is 0 Å². The van der Waals surface area contributed by atoms with Crippen LogP contribution in [0.25, 0.3) is 10.8 Å². The molecule has 1 saturated carbocycles. The van der Waals surface area contributed by atoms with E-state index in [2.05, 4.69) is 5.32 Å². The predicted molar refractivity (Wildman–Crippen MR) is 106 cm³/mol. The number of carbonyl (C=O) groups is 2. The molecule has 2 aromatic rings. The van der Waals surface area contributed by atoms with Gasteiger partial charge in [0, 0.05) is 37.2 Å². The van der Waals surface area contributed by atoms with Crippen molar-refractivity contribution in [1.29, 1.82) is 0 Å². The number of amides is 2. The van der Waals surface area contributed by atoms with Crippen LogP contribution in [0.5, 0.6) is 0 Å². The first-order chi connectivity index (χ1) is 13.2. The molecular formula is C22H27N3O2. The third-order valence-corrected chi connectivity index (χ3v) is 5.95. The summed E-state index contributed by atoms with van der Waals surface area (Å²) in [6, 6.07) is 13.9. The molecule has 5 nitrogen and oxygen atoms in total. The van der Waals surface area contributed by atoms with E-state index < -0.39 is 0 Å². The average Bonchev–Trinajstić information content (AvgIpc) is 3.56. The molecule has 2 aromatic carbocycles. The monoisotopic (exact) mass is 365 g/mol. The summed E-state index contributed by atoms with van der Waals surface area (Å²) in [6.07, 6.45) is 3.76. The second kappa shape index (κ2) is 7.69. The minimum absolute atomic E-state index is 0.0191. The molecule has 1 heterocycles. The molecular weight excluding hydrogens is 338 g/mol. The lowest BCUT2D eigenvalue weighted by atomic mass is 9.94. The first-order valence-electron chi connectivity index (χ1n) is 9.95. The van der Waals surface area contributed by atoms with Gasteiger partial charge in [0.25, 0.3) is 5.91 Å². The summed E-state index contributed by atoms with van der Waals surface area (Å²) in [5, 5.41) is 5.19. The van der Waals surface area contributed by atoms with Crippen molar-refractivity contribution in [2.24, 2.45) is 17.6 Å². The molecule has 4 rings (SSSR count). The van der Waals surface area contributed by atoms with Crippen molar-refractivity contribution in [1.82, 2.24) is 10.2 Å². The van der Waals surface area contributed by atoms with Crippen LogP contribution in [-0.2, 0) is 4.79 Å². The Balaban J connectivity index is 1.38. The maximum Gasteiger partial charge on any atom is 0.254 e. The molecule has 5 heteroatoms. The van der Waals surface area contributed by atoms with Crippen LogP contribution < -0.4 is 11.1 Å². The van der Waals surface area contributed by atoms with Gasteiger partial charge in [-0.05, 0) is 48.4 Å². The van der Waals surface area contributed by atoms with Crippen LogP contribution in [0.3, 0.4) is 0 Å². The SMILES string of the molecule is NCC(NC(=O)C1CCN(C(=O)c2cccc3ccccc23)CC1)C1CC1. The van der Waals surface area contributed by atoms with E-state index in [9.17, 15) is 9.59 Å². The van der Waals surface area contributed by atoms with Gasteiger partial charge in [0.2, 0.25) is 5.91 Å². The van der Waals surface area contributed by atoms with Crippen LogP contribution in [-0.4, -0.2) is 42.4 Å².